The first-order valence-electron chi connectivity index (χ1n) is 8.73. The lowest BCUT2D eigenvalue weighted by Gasteiger charge is -2.25. The molecule has 130 valence electrons. The molecule has 0 fully saturated rings. The largest absolute Gasteiger partial charge is 0.378 e. The molecule has 0 aromatic heterocycles. The summed E-state index contributed by atoms with van der Waals surface area (Å²) in [6, 6.07) is 15.4. The molecule has 0 amide bonds. The molecule has 25 heavy (non-hydrogen) atoms. The molecule has 0 radical (unpaired) electrons. The van der Waals surface area contributed by atoms with Crippen molar-refractivity contribution in [3.05, 3.63) is 77.6 Å². The number of anilines is 1. The van der Waals surface area contributed by atoms with E-state index < -0.39 is 0 Å². The average molecular weight is 336 g/mol. The highest BCUT2D eigenvalue weighted by Gasteiger charge is 2.11. The van der Waals surface area contributed by atoms with Crippen LogP contribution in [0.15, 0.2) is 60.7 Å². The van der Waals surface area contributed by atoms with Gasteiger partial charge < -0.3 is 4.90 Å². The van der Waals surface area contributed by atoms with Gasteiger partial charge in [-0.1, -0.05) is 42.5 Å². The molecule has 0 N–H and O–H groups in total. The van der Waals surface area contributed by atoms with Crippen LogP contribution >= 0.6 is 0 Å². The van der Waals surface area contributed by atoms with Crippen molar-refractivity contribution in [3.63, 3.8) is 0 Å². The van der Waals surface area contributed by atoms with Gasteiger partial charge in [-0.15, -0.1) is 0 Å². The second-order valence-corrected chi connectivity index (χ2v) is 6.63. The number of nitrogens with zero attached hydrogens (tertiary/aromatic N) is 2. The van der Waals surface area contributed by atoms with E-state index in [1.165, 1.54) is 29.0 Å². The Labute approximate surface area is 149 Å². The second-order valence-electron chi connectivity index (χ2n) is 6.63. The third kappa shape index (κ3) is 4.80. The molecule has 0 saturated carbocycles. The van der Waals surface area contributed by atoms with Gasteiger partial charge in [-0.3, -0.25) is 4.90 Å². The van der Waals surface area contributed by atoms with Crippen molar-refractivity contribution in [2.45, 2.75) is 6.42 Å². The minimum Gasteiger partial charge on any atom is -0.378 e. The highest BCUT2D eigenvalue weighted by molar-refractivity contribution is 5.66. The van der Waals surface area contributed by atoms with Crippen molar-refractivity contribution in [2.75, 3.05) is 38.6 Å². The van der Waals surface area contributed by atoms with Crippen LogP contribution < -0.4 is 4.90 Å². The van der Waals surface area contributed by atoms with Crippen LogP contribution in [0.25, 0.3) is 11.6 Å². The minimum atomic E-state index is -0.175. The molecule has 2 nitrogen and oxygen atoms in total. The maximum Gasteiger partial charge on any atom is 0.123 e. The standard InChI is InChI=1S/C22H25FN2/c1-24(2)22-11-5-18(6-12-22)4-3-15-25-16-13-20(14-17-25)19-7-9-21(23)10-8-19/h3-13H,14-17H2,1-2H3/b4-3+. The van der Waals surface area contributed by atoms with E-state index in [9.17, 15) is 4.39 Å². The van der Waals surface area contributed by atoms with Crippen molar-refractivity contribution < 1.29 is 4.39 Å². The summed E-state index contributed by atoms with van der Waals surface area (Å²) in [4.78, 5) is 4.52. The predicted octanol–water partition coefficient (Wildman–Crippen LogP) is 4.69. The Morgan fingerprint density at radius 2 is 1.76 bits per heavy atom. The molecule has 0 atom stereocenters. The minimum absolute atomic E-state index is 0.175. The summed E-state index contributed by atoms with van der Waals surface area (Å²) in [6.07, 6.45) is 7.67. The second kappa shape index (κ2) is 8.13. The number of benzene rings is 2. The topological polar surface area (TPSA) is 6.48 Å². The molecule has 0 bridgehead atoms. The normalized spacial score (nSPS) is 15.4. The zero-order valence-corrected chi connectivity index (χ0v) is 15.0. The first-order valence-corrected chi connectivity index (χ1v) is 8.73. The Morgan fingerprint density at radius 1 is 1.04 bits per heavy atom. The zero-order valence-electron chi connectivity index (χ0n) is 15.0. The summed E-state index contributed by atoms with van der Waals surface area (Å²) >= 11 is 0. The quantitative estimate of drug-likeness (QED) is 0.781. The number of hydrogen-bond acceptors (Lipinski definition) is 2. The molecule has 3 rings (SSSR count). The molecule has 1 aliphatic rings. The van der Waals surface area contributed by atoms with E-state index >= 15 is 0 Å². The third-order valence-electron chi connectivity index (χ3n) is 4.59. The fourth-order valence-corrected chi connectivity index (χ4v) is 3.02. The van der Waals surface area contributed by atoms with Crippen molar-refractivity contribution in [2.24, 2.45) is 0 Å². The summed E-state index contributed by atoms with van der Waals surface area (Å²) in [5.74, 6) is -0.175. The van der Waals surface area contributed by atoms with Gasteiger partial charge >= 0.3 is 0 Å². The summed E-state index contributed by atoms with van der Waals surface area (Å²) in [7, 11) is 4.10. The Balaban J connectivity index is 1.52. The van der Waals surface area contributed by atoms with Crippen LogP contribution in [-0.4, -0.2) is 38.6 Å². The molecule has 3 heteroatoms. The number of rotatable bonds is 5. The molecule has 1 heterocycles. The van der Waals surface area contributed by atoms with E-state index in [0.29, 0.717) is 0 Å². The molecule has 2 aromatic rings. The van der Waals surface area contributed by atoms with E-state index in [0.717, 1.165) is 31.6 Å². The van der Waals surface area contributed by atoms with Crippen LogP contribution in [0, 0.1) is 5.82 Å². The maximum absolute atomic E-state index is 13.0. The van der Waals surface area contributed by atoms with E-state index in [2.05, 4.69) is 66.4 Å². The van der Waals surface area contributed by atoms with Crippen LogP contribution in [0.3, 0.4) is 0 Å². The molecular formula is C22H25FN2. The van der Waals surface area contributed by atoms with Crippen LogP contribution in [0.5, 0.6) is 0 Å². The smallest absolute Gasteiger partial charge is 0.123 e. The fraction of sp³-hybridized carbons (Fsp3) is 0.273. The van der Waals surface area contributed by atoms with Gasteiger partial charge in [-0.2, -0.15) is 0 Å². The highest BCUT2D eigenvalue weighted by Crippen LogP contribution is 2.22. The molecule has 0 unspecified atom stereocenters. The summed E-state index contributed by atoms with van der Waals surface area (Å²) in [5.41, 5.74) is 4.90. The van der Waals surface area contributed by atoms with Crippen molar-refractivity contribution in [1.82, 2.24) is 4.90 Å². The van der Waals surface area contributed by atoms with Gasteiger partial charge in [0.2, 0.25) is 0 Å². The van der Waals surface area contributed by atoms with Gasteiger partial charge in [-0.25, -0.2) is 4.39 Å². The SMILES string of the molecule is CN(C)c1ccc(/C=C/CN2CC=C(c3ccc(F)cc3)CC2)cc1. The van der Waals surface area contributed by atoms with E-state index in [4.69, 9.17) is 0 Å². The number of halogens is 1. The van der Waals surface area contributed by atoms with Gasteiger partial charge in [0.1, 0.15) is 5.82 Å². The molecule has 2 aromatic carbocycles. The molecular weight excluding hydrogens is 311 g/mol. The lowest BCUT2D eigenvalue weighted by Crippen LogP contribution is -2.28. The fourth-order valence-electron chi connectivity index (χ4n) is 3.02. The molecule has 1 aliphatic heterocycles. The average Bonchev–Trinajstić information content (AvgIpc) is 2.63. The van der Waals surface area contributed by atoms with Crippen LogP contribution in [0.2, 0.25) is 0 Å². The van der Waals surface area contributed by atoms with Crippen molar-refractivity contribution in [1.29, 1.82) is 0 Å². The Bertz CT molecular complexity index is 743. The van der Waals surface area contributed by atoms with Gasteiger partial charge in [0.25, 0.3) is 0 Å². The van der Waals surface area contributed by atoms with Crippen LogP contribution in [0.4, 0.5) is 10.1 Å². The summed E-state index contributed by atoms with van der Waals surface area (Å²) in [5, 5.41) is 0. The van der Waals surface area contributed by atoms with Crippen molar-refractivity contribution >= 4 is 17.3 Å². The molecule has 0 spiro atoms. The lowest BCUT2D eigenvalue weighted by atomic mass is 9.99. The Morgan fingerprint density at radius 3 is 2.36 bits per heavy atom. The summed E-state index contributed by atoms with van der Waals surface area (Å²) < 4.78 is 13.0. The van der Waals surface area contributed by atoms with Gasteiger partial charge in [0.15, 0.2) is 0 Å². The van der Waals surface area contributed by atoms with Gasteiger partial charge in [-0.05, 0) is 47.4 Å². The van der Waals surface area contributed by atoms with E-state index in [1.54, 1.807) is 0 Å². The van der Waals surface area contributed by atoms with Gasteiger partial charge in [0.05, 0.1) is 0 Å². The van der Waals surface area contributed by atoms with Crippen molar-refractivity contribution in [3.8, 4) is 0 Å². The predicted molar refractivity (Wildman–Crippen MR) is 105 cm³/mol. The maximum atomic E-state index is 13.0. The first kappa shape index (κ1) is 17.4. The Kier molecular flexibility index (Phi) is 5.67. The van der Waals surface area contributed by atoms with E-state index in [-0.39, 0.29) is 5.82 Å². The van der Waals surface area contributed by atoms with Gasteiger partial charge in [0, 0.05) is 39.4 Å². The van der Waals surface area contributed by atoms with Crippen LogP contribution in [0.1, 0.15) is 17.5 Å². The first-order chi connectivity index (χ1) is 12.1. The highest BCUT2D eigenvalue weighted by atomic mass is 19.1. The summed E-state index contributed by atoms with van der Waals surface area (Å²) in [6.45, 7) is 2.92. The lowest BCUT2D eigenvalue weighted by molar-refractivity contribution is 0.335. The van der Waals surface area contributed by atoms with E-state index in [1.807, 2.05) is 12.1 Å². The zero-order chi connectivity index (χ0) is 17.6. The third-order valence-corrected chi connectivity index (χ3v) is 4.59. The molecule has 0 aliphatic carbocycles. The molecule has 0 saturated heterocycles. The van der Waals surface area contributed by atoms with Crippen LogP contribution in [-0.2, 0) is 0 Å². The number of hydrogen-bond donors (Lipinski definition) is 0. The monoisotopic (exact) mass is 336 g/mol. The Hall–Kier alpha value is -2.39.